The van der Waals surface area contributed by atoms with Crippen molar-refractivity contribution in [2.24, 2.45) is 0 Å². The maximum atomic E-state index is 12.0. The van der Waals surface area contributed by atoms with Crippen molar-refractivity contribution in [2.45, 2.75) is 39.3 Å². The van der Waals surface area contributed by atoms with Gasteiger partial charge in [-0.05, 0) is 37.6 Å². The summed E-state index contributed by atoms with van der Waals surface area (Å²) in [6.45, 7) is 6.66. The minimum Gasteiger partial charge on any atom is -0.314 e. The Morgan fingerprint density at radius 1 is 1.15 bits per heavy atom. The largest absolute Gasteiger partial charge is 0.314 e. The molecular weight excluding hydrogens is 340 g/mol. The number of benzene rings is 1. The molecule has 4 nitrogen and oxygen atoms in total. The van der Waals surface area contributed by atoms with Gasteiger partial charge in [-0.2, -0.15) is 0 Å². The van der Waals surface area contributed by atoms with Crippen LogP contribution in [0.15, 0.2) is 28.7 Å². The zero-order valence-corrected chi connectivity index (χ0v) is 14.6. The zero-order chi connectivity index (χ0) is 15.2. The summed E-state index contributed by atoms with van der Waals surface area (Å²) in [7, 11) is -3.24. The molecule has 0 amide bonds. The Kier molecular flexibility index (Phi) is 7.15. The summed E-state index contributed by atoms with van der Waals surface area (Å²) in [4.78, 5) is 0. The summed E-state index contributed by atoms with van der Waals surface area (Å²) in [6, 6.07) is 7.81. The fourth-order valence-corrected chi connectivity index (χ4v) is 3.38. The first-order chi connectivity index (χ1) is 9.30. The van der Waals surface area contributed by atoms with Crippen LogP contribution in [0.3, 0.4) is 0 Å². The zero-order valence-electron chi connectivity index (χ0n) is 12.2. The van der Waals surface area contributed by atoms with E-state index in [0.29, 0.717) is 19.0 Å². The standard InChI is InChI=1S/C14H23BrN2O2S/c1-11(2)16-9-4-10-20(18,19)17-12(3)13-5-7-14(15)8-6-13/h5-8,11-12,16-17H,4,9-10H2,1-3H3. The minimum atomic E-state index is -3.24. The van der Waals surface area contributed by atoms with E-state index < -0.39 is 10.0 Å². The molecule has 0 saturated carbocycles. The minimum absolute atomic E-state index is 0.146. The molecule has 0 heterocycles. The summed E-state index contributed by atoms with van der Waals surface area (Å²) in [5.74, 6) is 0.146. The average molecular weight is 363 g/mol. The van der Waals surface area contributed by atoms with Gasteiger partial charge in [-0.3, -0.25) is 0 Å². The molecule has 0 spiro atoms. The van der Waals surface area contributed by atoms with Gasteiger partial charge in [0.15, 0.2) is 0 Å². The van der Waals surface area contributed by atoms with Gasteiger partial charge in [0.25, 0.3) is 0 Å². The van der Waals surface area contributed by atoms with Gasteiger partial charge in [-0.25, -0.2) is 13.1 Å². The molecule has 1 aromatic rings. The van der Waals surface area contributed by atoms with E-state index in [9.17, 15) is 8.42 Å². The highest BCUT2D eigenvalue weighted by molar-refractivity contribution is 9.10. The first-order valence-electron chi connectivity index (χ1n) is 6.79. The van der Waals surface area contributed by atoms with E-state index in [4.69, 9.17) is 0 Å². The SMILES string of the molecule is CC(C)NCCCS(=O)(=O)NC(C)c1ccc(Br)cc1. The Labute approximate surface area is 130 Å². The van der Waals surface area contributed by atoms with Crippen molar-refractivity contribution in [3.05, 3.63) is 34.3 Å². The number of halogens is 1. The molecule has 0 aliphatic heterocycles. The molecule has 0 saturated heterocycles. The summed E-state index contributed by atoms with van der Waals surface area (Å²) in [5, 5.41) is 3.21. The topological polar surface area (TPSA) is 58.2 Å². The molecule has 0 bridgehead atoms. The van der Waals surface area contributed by atoms with Gasteiger partial charge in [0.2, 0.25) is 10.0 Å². The van der Waals surface area contributed by atoms with Crippen LogP contribution in [0, 0.1) is 0 Å². The van der Waals surface area contributed by atoms with E-state index in [1.54, 1.807) is 0 Å². The molecule has 1 aromatic carbocycles. The lowest BCUT2D eigenvalue weighted by Crippen LogP contribution is -2.31. The average Bonchev–Trinajstić information content (AvgIpc) is 2.34. The lowest BCUT2D eigenvalue weighted by atomic mass is 10.1. The van der Waals surface area contributed by atoms with Crippen molar-refractivity contribution in [3.63, 3.8) is 0 Å². The van der Waals surface area contributed by atoms with Crippen LogP contribution in [0.1, 0.15) is 38.8 Å². The molecule has 0 aliphatic carbocycles. The highest BCUT2D eigenvalue weighted by Crippen LogP contribution is 2.17. The Morgan fingerprint density at radius 3 is 2.30 bits per heavy atom. The van der Waals surface area contributed by atoms with Gasteiger partial charge in [0, 0.05) is 16.6 Å². The summed E-state index contributed by atoms with van der Waals surface area (Å²) < 4.78 is 27.6. The second-order valence-corrected chi connectivity index (χ2v) is 7.96. The number of sulfonamides is 1. The maximum Gasteiger partial charge on any atom is 0.212 e. The lowest BCUT2D eigenvalue weighted by Gasteiger charge is -2.15. The predicted molar refractivity (Wildman–Crippen MR) is 87.2 cm³/mol. The van der Waals surface area contributed by atoms with Crippen molar-refractivity contribution in [3.8, 4) is 0 Å². The van der Waals surface area contributed by atoms with E-state index in [-0.39, 0.29) is 11.8 Å². The van der Waals surface area contributed by atoms with Crippen molar-refractivity contribution in [2.75, 3.05) is 12.3 Å². The molecule has 1 atom stereocenters. The molecule has 1 rings (SSSR count). The summed E-state index contributed by atoms with van der Waals surface area (Å²) in [5.41, 5.74) is 0.956. The summed E-state index contributed by atoms with van der Waals surface area (Å²) >= 11 is 3.36. The van der Waals surface area contributed by atoms with E-state index in [1.165, 1.54) is 0 Å². The second-order valence-electron chi connectivity index (χ2n) is 5.17. The van der Waals surface area contributed by atoms with Crippen molar-refractivity contribution in [1.82, 2.24) is 10.0 Å². The van der Waals surface area contributed by atoms with Crippen LogP contribution in [0.5, 0.6) is 0 Å². The predicted octanol–water partition coefficient (Wildman–Crippen LogP) is 2.82. The molecular formula is C14H23BrN2O2S. The van der Waals surface area contributed by atoms with Crippen LogP contribution in [0.4, 0.5) is 0 Å². The third-order valence-corrected chi connectivity index (χ3v) is 4.94. The summed E-state index contributed by atoms with van der Waals surface area (Å²) in [6.07, 6.45) is 0.612. The fraction of sp³-hybridized carbons (Fsp3) is 0.571. The molecule has 114 valence electrons. The molecule has 1 unspecified atom stereocenters. The highest BCUT2D eigenvalue weighted by atomic mass is 79.9. The van der Waals surface area contributed by atoms with Crippen LogP contribution in [-0.4, -0.2) is 26.8 Å². The molecule has 6 heteroatoms. The fourth-order valence-electron chi connectivity index (χ4n) is 1.80. The Morgan fingerprint density at radius 2 is 1.75 bits per heavy atom. The van der Waals surface area contributed by atoms with E-state index in [0.717, 1.165) is 10.0 Å². The van der Waals surface area contributed by atoms with Gasteiger partial charge in [-0.1, -0.05) is 41.9 Å². The van der Waals surface area contributed by atoms with Crippen LogP contribution < -0.4 is 10.0 Å². The number of rotatable bonds is 8. The quantitative estimate of drug-likeness (QED) is 0.699. The molecule has 0 aromatic heterocycles. The van der Waals surface area contributed by atoms with Gasteiger partial charge in [0.1, 0.15) is 0 Å². The first-order valence-corrected chi connectivity index (χ1v) is 9.23. The van der Waals surface area contributed by atoms with Crippen LogP contribution in [-0.2, 0) is 10.0 Å². The third-order valence-electron chi connectivity index (χ3n) is 2.87. The second kappa shape index (κ2) is 8.12. The van der Waals surface area contributed by atoms with Gasteiger partial charge < -0.3 is 5.32 Å². The van der Waals surface area contributed by atoms with E-state index in [2.05, 4.69) is 26.0 Å². The maximum absolute atomic E-state index is 12.0. The number of hydrogen-bond acceptors (Lipinski definition) is 3. The van der Waals surface area contributed by atoms with Crippen LogP contribution in [0.2, 0.25) is 0 Å². The molecule has 0 radical (unpaired) electrons. The van der Waals surface area contributed by atoms with Crippen molar-refractivity contribution < 1.29 is 8.42 Å². The highest BCUT2D eigenvalue weighted by Gasteiger charge is 2.15. The van der Waals surface area contributed by atoms with E-state index in [1.807, 2.05) is 45.0 Å². The van der Waals surface area contributed by atoms with Crippen molar-refractivity contribution >= 4 is 26.0 Å². The Bertz CT molecular complexity index is 500. The molecule has 0 fully saturated rings. The van der Waals surface area contributed by atoms with Gasteiger partial charge in [0.05, 0.1) is 5.75 Å². The smallest absolute Gasteiger partial charge is 0.212 e. The van der Waals surface area contributed by atoms with Gasteiger partial charge >= 0.3 is 0 Å². The van der Waals surface area contributed by atoms with Gasteiger partial charge in [-0.15, -0.1) is 0 Å². The van der Waals surface area contributed by atoms with Crippen molar-refractivity contribution in [1.29, 1.82) is 0 Å². The Balaban J connectivity index is 2.47. The number of hydrogen-bond donors (Lipinski definition) is 2. The molecule has 20 heavy (non-hydrogen) atoms. The molecule has 2 N–H and O–H groups in total. The first kappa shape index (κ1) is 17.6. The monoisotopic (exact) mass is 362 g/mol. The third kappa shape index (κ3) is 6.83. The number of nitrogens with one attached hydrogen (secondary N) is 2. The Hall–Kier alpha value is -0.430. The van der Waals surface area contributed by atoms with E-state index >= 15 is 0 Å². The molecule has 0 aliphatic rings. The van der Waals surface area contributed by atoms with Crippen LogP contribution >= 0.6 is 15.9 Å². The normalized spacial score (nSPS) is 13.7. The van der Waals surface area contributed by atoms with Crippen LogP contribution in [0.25, 0.3) is 0 Å². The lowest BCUT2D eigenvalue weighted by molar-refractivity contribution is 0.552.